The molecule has 0 saturated carbocycles. The number of ketones is 1. The number of rotatable bonds is 14. The quantitative estimate of drug-likeness (QED) is 0.123. The lowest BCUT2D eigenvalue weighted by molar-refractivity contribution is -0.129. The lowest BCUT2D eigenvalue weighted by Gasteiger charge is -2.21. The fraction of sp³-hybridized carbons (Fsp3) is 0.393. The van der Waals surface area contributed by atoms with E-state index in [0.717, 1.165) is 22.3 Å². The molecule has 0 radical (unpaired) electrons. The average Bonchev–Trinajstić information content (AvgIpc) is 2.87. The summed E-state index contributed by atoms with van der Waals surface area (Å²) in [6.07, 6.45) is 0.591. The van der Waals surface area contributed by atoms with Gasteiger partial charge in [0.1, 0.15) is 18.3 Å². The van der Waals surface area contributed by atoms with E-state index in [1.54, 1.807) is 19.1 Å². The molecule has 0 aromatic heterocycles. The van der Waals surface area contributed by atoms with Crippen molar-refractivity contribution in [3.8, 4) is 5.75 Å². The Balaban J connectivity index is 2.06. The minimum atomic E-state index is -0.886. The van der Waals surface area contributed by atoms with Crippen molar-refractivity contribution >= 4 is 29.5 Å². The van der Waals surface area contributed by atoms with Gasteiger partial charge in [-0.05, 0) is 54.7 Å². The summed E-state index contributed by atoms with van der Waals surface area (Å²) in [5, 5.41) is 15.5. The maximum atomic E-state index is 13.2. The van der Waals surface area contributed by atoms with Crippen LogP contribution in [0.2, 0.25) is 0 Å². The minimum absolute atomic E-state index is 0.0936. The molecular formula is C28H40N8O4. The van der Waals surface area contributed by atoms with Crippen molar-refractivity contribution in [3.05, 3.63) is 64.7 Å². The highest BCUT2D eigenvalue weighted by Gasteiger charge is 2.26. The highest BCUT2D eigenvalue weighted by atomic mass is 16.3. The van der Waals surface area contributed by atoms with Gasteiger partial charge >= 0.3 is 0 Å². The van der Waals surface area contributed by atoms with Gasteiger partial charge in [0.25, 0.3) is 0 Å². The zero-order valence-corrected chi connectivity index (χ0v) is 23.2. The molecule has 0 bridgehead atoms. The van der Waals surface area contributed by atoms with Crippen molar-refractivity contribution in [3.63, 3.8) is 0 Å². The van der Waals surface area contributed by atoms with Crippen LogP contribution in [0.5, 0.6) is 5.75 Å². The second-order valence-corrected chi connectivity index (χ2v) is 9.84. The fourth-order valence-electron chi connectivity index (χ4n) is 4.34. The summed E-state index contributed by atoms with van der Waals surface area (Å²) in [6.45, 7) is 5.19. The molecular weight excluding hydrogens is 512 g/mol. The van der Waals surface area contributed by atoms with Crippen molar-refractivity contribution < 1.29 is 19.5 Å². The van der Waals surface area contributed by atoms with Crippen molar-refractivity contribution in [1.82, 2.24) is 10.6 Å². The number of amides is 2. The van der Waals surface area contributed by atoms with Gasteiger partial charge < -0.3 is 38.7 Å². The Kier molecular flexibility index (Phi) is 11.9. The van der Waals surface area contributed by atoms with Gasteiger partial charge in [-0.1, -0.05) is 37.3 Å². The first-order valence-corrected chi connectivity index (χ1v) is 12.9. The zero-order valence-electron chi connectivity index (χ0n) is 23.2. The number of hydrogen-bond acceptors (Lipinski definition) is 6. The Hall–Kier alpha value is -4.61. The number of nitrogens with zero attached hydrogens (tertiary/aromatic N) is 2. The second kappa shape index (κ2) is 15.1. The predicted octanol–water partition coefficient (Wildman–Crippen LogP) is -0.0941. The maximum absolute atomic E-state index is 13.2. The molecule has 0 aliphatic carbocycles. The Labute approximate surface area is 234 Å². The fourth-order valence-corrected chi connectivity index (χ4v) is 4.34. The van der Waals surface area contributed by atoms with Crippen molar-refractivity contribution in [2.75, 3.05) is 13.1 Å². The van der Waals surface area contributed by atoms with Crippen molar-refractivity contribution in [2.45, 2.75) is 52.1 Å². The Morgan fingerprint density at radius 3 is 2.15 bits per heavy atom. The third-order valence-corrected chi connectivity index (χ3v) is 6.33. The molecule has 0 aliphatic heterocycles. The van der Waals surface area contributed by atoms with Gasteiger partial charge in [-0.25, -0.2) is 9.98 Å². The van der Waals surface area contributed by atoms with Crippen LogP contribution in [0.1, 0.15) is 35.6 Å². The number of guanidine groups is 2. The number of phenols is 1. The highest BCUT2D eigenvalue weighted by molar-refractivity contribution is 5.91. The third kappa shape index (κ3) is 10.6. The minimum Gasteiger partial charge on any atom is -0.508 e. The number of Topliss-reactive ketones (excluding diaryl/α,β-unsaturated/α-hetero) is 1. The summed E-state index contributed by atoms with van der Waals surface area (Å²) >= 11 is 0. The molecule has 0 heterocycles. The van der Waals surface area contributed by atoms with Crippen LogP contribution < -0.4 is 33.6 Å². The third-order valence-electron chi connectivity index (χ3n) is 6.33. The molecule has 12 nitrogen and oxygen atoms in total. The highest BCUT2D eigenvalue weighted by Crippen LogP contribution is 2.23. The van der Waals surface area contributed by atoms with Gasteiger partial charge in [0.2, 0.25) is 11.8 Å². The van der Waals surface area contributed by atoms with E-state index >= 15 is 0 Å². The van der Waals surface area contributed by atoms with E-state index in [1.165, 1.54) is 0 Å². The van der Waals surface area contributed by atoms with Crippen molar-refractivity contribution in [2.24, 2.45) is 38.8 Å². The molecule has 11 N–H and O–H groups in total. The summed E-state index contributed by atoms with van der Waals surface area (Å²) in [5.74, 6) is -2.03. The molecule has 40 heavy (non-hydrogen) atoms. The molecule has 2 aromatic carbocycles. The van der Waals surface area contributed by atoms with Crippen LogP contribution in [-0.2, 0) is 27.2 Å². The maximum Gasteiger partial charge on any atom is 0.242 e. The molecule has 0 spiro atoms. The summed E-state index contributed by atoms with van der Waals surface area (Å²) < 4.78 is 0. The van der Waals surface area contributed by atoms with Gasteiger partial charge in [0, 0.05) is 25.3 Å². The summed E-state index contributed by atoms with van der Waals surface area (Å²) in [5.41, 5.74) is 25.2. The first kappa shape index (κ1) is 31.6. The van der Waals surface area contributed by atoms with Crippen molar-refractivity contribution in [1.29, 1.82) is 0 Å². The zero-order chi connectivity index (χ0) is 29.8. The first-order valence-electron chi connectivity index (χ1n) is 12.9. The molecule has 0 saturated heterocycles. The van der Waals surface area contributed by atoms with Gasteiger partial charge in [-0.3, -0.25) is 14.4 Å². The summed E-state index contributed by atoms with van der Waals surface area (Å²) in [4.78, 5) is 46.3. The van der Waals surface area contributed by atoms with E-state index < -0.39 is 23.9 Å². The normalized spacial score (nSPS) is 12.9. The van der Waals surface area contributed by atoms with Gasteiger partial charge in [0.15, 0.2) is 17.7 Å². The molecule has 2 aromatic rings. The predicted molar refractivity (Wildman–Crippen MR) is 155 cm³/mol. The number of aryl methyl sites for hydroxylation is 2. The Bertz CT molecular complexity index is 1220. The standard InChI is InChI=1S/C28H40N8O4/c1-16-9-21(37)10-17(2)22(16)13-23(36-28(31)32)24(38)11-18(3)26(40)33-14-20(12-19-7-5-4-6-8-19)35-25(39)15-34-27(29)30/h4-10,18,20,23,37H,11-15H2,1-3H3,(H,33,40)(H,35,39)(H4,29,30,34)(H4,31,32,36)/t18-,20-,23-/m0/s1. The first-order chi connectivity index (χ1) is 18.8. The molecule has 0 aliphatic rings. The SMILES string of the molecule is Cc1cc(O)cc(C)c1C[C@H](N=C(N)N)C(=O)C[C@H](C)C(=O)NC[C@H](Cc1ccccc1)NC(=O)CN=C(N)N. The van der Waals surface area contributed by atoms with Crippen LogP contribution in [0.3, 0.4) is 0 Å². The Morgan fingerprint density at radius 1 is 0.950 bits per heavy atom. The molecule has 2 rings (SSSR count). The van der Waals surface area contributed by atoms with Crippen LogP contribution in [0, 0.1) is 19.8 Å². The number of benzene rings is 2. The molecule has 0 fully saturated rings. The van der Waals surface area contributed by atoms with Gasteiger partial charge in [-0.15, -0.1) is 0 Å². The molecule has 12 heteroatoms. The van der Waals surface area contributed by atoms with Crippen LogP contribution >= 0.6 is 0 Å². The second-order valence-electron chi connectivity index (χ2n) is 9.84. The average molecular weight is 553 g/mol. The molecule has 0 unspecified atom stereocenters. The number of aliphatic imine (C=N–C) groups is 2. The number of carbonyl (C=O) groups is 3. The molecule has 2 amide bonds. The number of hydrogen-bond donors (Lipinski definition) is 7. The largest absolute Gasteiger partial charge is 0.508 e. The number of nitrogens with two attached hydrogens (primary N) is 4. The summed E-state index contributed by atoms with van der Waals surface area (Å²) in [6, 6.07) is 11.4. The monoisotopic (exact) mass is 552 g/mol. The van der Waals surface area contributed by atoms with Crippen LogP contribution in [0.15, 0.2) is 52.4 Å². The number of nitrogens with one attached hydrogen (secondary N) is 2. The number of carbonyl (C=O) groups excluding carboxylic acids is 3. The van der Waals surface area contributed by atoms with E-state index in [4.69, 9.17) is 22.9 Å². The molecule has 216 valence electrons. The lowest BCUT2D eigenvalue weighted by Crippen LogP contribution is -2.47. The molecule has 3 atom stereocenters. The van der Waals surface area contributed by atoms with E-state index in [0.29, 0.717) is 6.42 Å². The van der Waals surface area contributed by atoms with Crippen LogP contribution in [0.4, 0.5) is 0 Å². The van der Waals surface area contributed by atoms with E-state index in [1.807, 2.05) is 44.2 Å². The number of phenolic OH excluding ortho intramolecular Hbond substituents is 1. The van der Waals surface area contributed by atoms with E-state index in [9.17, 15) is 19.5 Å². The number of aromatic hydroxyl groups is 1. The van der Waals surface area contributed by atoms with Crippen LogP contribution in [-0.4, -0.2) is 59.8 Å². The summed E-state index contributed by atoms with van der Waals surface area (Å²) in [7, 11) is 0. The Morgan fingerprint density at radius 2 is 1.57 bits per heavy atom. The van der Waals surface area contributed by atoms with Gasteiger partial charge in [0.05, 0.1) is 6.04 Å². The topological polar surface area (TPSA) is 224 Å². The smallest absolute Gasteiger partial charge is 0.242 e. The lowest BCUT2D eigenvalue weighted by atomic mass is 9.91. The van der Waals surface area contributed by atoms with E-state index in [2.05, 4.69) is 20.6 Å². The van der Waals surface area contributed by atoms with Gasteiger partial charge in [-0.2, -0.15) is 0 Å². The van der Waals surface area contributed by atoms with Crippen LogP contribution in [0.25, 0.3) is 0 Å². The van der Waals surface area contributed by atoms with E-state index in [-0.39, 0.29) is 55.3 Å².